The van der Waals surface area contributed by atoms with Gasteiger partial charge < -0.3 is 10.0 Å². The Morgan fingerprint density at radius 2 is 1.70 bits per heavy atom. The Balaban J connectivity index is 1.54. The standard InChI is InChI=1S/C15H21NO3S/c17-13(12-9-3-1-2-4-10(9)12)16-11(15(18)19)7-20-14(16)8-5-6-8/h8-12,14H,1-7H2,(H,18,19). The van der Waals surface area contributed by atoms with Crippen LogP contribution in [-0.4, -0.2) is 39.1 Å². The van der Waals surface area contributed by atoms with E-state index in [2.05, 4.69) is 0 Å². The molecule has 1 aliphatic heterocycles. The van der Waals surface area contributed by atoms with Gasteiger partial charge in [-0.25, -0.2) is 4.79 Å². The number of hydrogen-bond donors (Lipinski definition) is 1. The monoisotopic (exact) mass is 295 g/mol. The number of hydrogen-bond acceptors (Lipinski definition) is 3. The Morgan fingerprint density at radius 1 is 1.05 bits per heavy atom. The van der Waals surface area contributed by atoms with E-state index in [0.29, 0.717) is 23.5 Å². The van der Waals surface area contributed by atoms with E-state index in [4.69, 9.17) is 0 Å². The molecular formula is C15H21NO3S. The van der Waals surface area contributed by atoms with Crippen LogP contribution < -0.4 is 0 Å². The maximum Gasteiger partial charge on any atom is 0.327 e. The van der Waals surface area contributed by atoms with Gasteiger partial charge in [0.15, 0.2) is 0 Å². The summed E-state index contributed by atoms with van der Waals surface area (Å²) in [5.74, 6) is 1.75. The number of rotatable bonds is 3. The van der Waals surface area contributed by atoms with Gasteiger partial charge in [-0.15, -0.1) is 11.8 Å². The topological polar surface area (TPSA) is 57.6 Å². The minimum absolute atomic E-state index is 0.145. The molecule has 4 atom stereocenters. The van der Waals surface area contributed by atoms with Gasteiger partial charge in [-0.05, 0) is 43.4 Å². The molecule has 0 aromatic rings. The summed E-state index contributed by atoms with van der Waals surface area (Å²) in [6.45, 7) is 0. The normalized spacial score (nSPS) is 43.2. The first kappa shape index (κ1) is 13.0. The van der Waals surface area contributed by atoms with Gasteiger partial charge in [-0.2, -0.15) is 0 Å². The fourth-order valence-corrected chi connectivity index (χ4v) is 5.91. The van der Waals surface area contributed by atoms with Crippen LogP contribution >= 0.6 is 11.8 Å². The van der Waals surface area contributed by atoms with E-state index in [1.807, 2.05) is 0 Å². The summed E-state index contributed by atoms with van der Waals surface area (Å²) >= 11 is 1.69. The number of aliphatic carboxylic acids is 1. The highest BCUT2D eigenvalue weighted by Gasteiger charge is 2.59. The number of carbonyl (C=O) groups is 2. The zero-order chi connectivity index (χ0) is 13.9. The molecule has 3 aliphatic carbocycles. The molecule has 4 rings (SSSR count). The Hall–Kier alpha value is -0.710. The Labute approximate surface area is 123 Å². The molecule has 1 heterocycles. The molecule has 1 N–H and O–H groups in total. The number of fused-ring (bicyclic) bond motifs is 1. The number of carboxylic acid groups (broad SMARTS) is 1. The molecule has 4 nitrogen and oxygen atoms in total. The summed E-state index contributed by atoms with van der Waals surface area (Å²) in [5.41, 5.74) is 0. The third kappa shape index (κ3) is 1.97. The van der Waals surface area contributed by atoms with Crippen LogP contribution in [0.3, 0.4) is 0 Å². The smallest absolute Gasteiger partial charge is 0.327 e. The molecule has 4 fully saturated rings. The van der Waals surface area contributed by atoms with Crippen molar-refractivity contribution in [3.05, 3.63) is 0 Å². The molecule has 0 bridgehead atoms. The van der Waals surface area contributed by atoms with Crippen LogP contribution in [0, 0.1) is 23.7 Å². The second-order valence-electron chi connectivity index (χ2n) is 6.80. The number of carbonyl (C=O) groups excluding carboxylic acids is 1. The van der Waals surface area contributed by atoms with E-state index in [-0.39, 0.29) is 17.2 Å². The lowest BCUT2D eigenvalue weighted by molar-refractivity contribution is -0.150. The number of amides is 1. The minimum atomic E-state index is -0.822. The first-order valence-electron chi connectivity index (χ1n) is 7.85. The molecule has 3 saturated carbocycles. The van der Waals surface area contributed by atoms with Gasteiger partial charge in [0.1, 0.15) is 6.04 Å². The number of nitrogens with zero attached hydrogens (tertiary/aromatic N) is 1. The fourth-order valence-electron chi connectivity index (χ4n) is 4.27. The summed E-state index contributed by atoms with van der Waals surface area (Å²) in [6.07, 6.45) is 7.15. The highest BCUT2D eigenvalue weighted by Crippen LogP contribution is 2.57. The zero-order valence-corrected chi connectivity index (χ0v) is 12.3. The molecule has 20 heavy (non-hydrogen) atoms. The summed E-state index contributed by atoms with van der Waals surface area (Å²) in [5, 5.41) is 9.55. The lowest BCUT2D eigenvalue weighted by Crippen LogP contribution is -2.47. The summed E-state index contributed by atoms with van der Waals surface area (Å²) in [6, 6.07) is -0.583. The highest BCUT2D eigenvalue weighted by atomic mass is 32.2. The third-order valence-electron chi connectivity index (χ3n) is 5.54. The van der Waals surface area contributed by atoms with Crippen molar-refractivity contribution in [3.8, 4) is 0 Å². The molecular weight excluding hydrogens is 274 g/mol. The average molecular weight is 295 g/mol. The lowest BCUT2D eigenvalue weighted by Gasteiger charge is -2.27. The summed E-state index contributed by atoms with van der Waals surface area (Å²) in [4.78, 5) is 26.1. The second-order valence-corrected chi connectivity index (χ2v) is 7.95. The minimum Gasteiger partial charge on any atom is -0.480 e. The molecule has 4 unspecified atom stereocenters. The quantitative estimate of drug-likeness (QED) is 0.867. The molecule has 0 aromatic carbocycles. The molecule has 4 aliphatic rings. The van der Waals surface area contributed by atoms with Crippen LogP contribution in [0.5, 0.6) is 0 Å². The molecule has 0 aromatic heterocycles. The van der Waals surface area contributed by atoms with Crippen molar-refractivity contribution in [2.45, 2.75) is 49.9 Å². The zero-order valence-electron chi connectivity index (χ0n) is 11.5. The van der Waals surface area contributed by atoms with Gasteiger partial charge in [0.25, 0.3) is 0 Å². The van der Waals surface area contributed by atoms with Crippen LogP contribution in [0.25, 0.3) is 0 Å². The van der Waals surface area contributed by atoms with Crippen molar-refractivity contribution in [1.29, 1.82) is 0 Å². The lowest BCUT2D eigenvalue weighted by atomic mass is 10.0. The van der Waals surface area contributed by atoms with E-state index >= 15 is 0 Å². The largest absolute Gasteiger partial charge is 0.480 e. The van der Waals surface area contributed by atoms with E-state index < -0.39 is 12.0 Å². The van der Waals surface area contributed by atoms with E-state index in [9.17, 15) is 14.7 Å². The summed E-state index contributed by atoms with van der Waals surface area (Å²) < 4.78 is 0. The van der Waals surface area contributed by atoms with Crippen LogP contribution in [-0.2, 0) is 9.59 Å². The van der Waals surface area contributed by atoms with E-state index in [0.717, 1.165) is 12.8 Å². The predicted molar refractivity (Wildman–Crippen MR) is 76.2 cm³/mol. The Kier molecular flexibility index (Phi) is 3.02. The molecule has 5 heteroatoms. The molecule has 1 amide bonds. The van der Waals surface area contributed by atoms with E-state index in [1.165, 1.54) is 25.7 Å². The van der Waals surface area contributed by atoms with Gasteiger partial charge in [0.2, 0.25) is 5.91 Å². The molecule has 110 valence electrons. The van der Waals surface area contributed by atoms with Gasteiger partial charge in [0.05, 0.1) is 5.37 Å². The Morgan fingerprint density at radius 3 is 2.25 bits per heavy atom. The molecule has 0 radical (unpaired) electrons. The maximum absolute atomic E-state index is 12.9. The van der Waals surface area contributed by atoms with Crippen LogP contribution in [0.4, 0.5) is 0 Å². The number of thioether (sulfide) groups is 1. The molecule has 0 spiro atoms. The SMILES string of the molecule is O=C(O)C1CSC(C2CC2)N1C(=O)C1C2CCCCC21. The average Bonchev–Trinajstić information content (AvgIpc) is 3.34. The van der Waals surface area contributed by atoms with Crippen molar-refractivity contribution in [2.75, 3.05) is 5.75 Å². The van der Waals surface area contributed by atoms with Gasteiger partial charge >= 0.3 is 5.97 Å². The van der Waals surface area contributed by atoms with Crippen molar-refractivity contribution >= 4 is 23.6 Å². The number of carboxylic acids is 1. The first-order chi connectivity index (χ1) is 9.68. The van der Waals surface area contributed by atoms with Gasteiger partial charge in [-0.3, -0.25) is 4.79 Å². The van der Waals surface area contributed by atoms with Crippen LogP contribution in [0.1, 0.15) is 38.5 Å². The molecule has 1 saturated heterocycles. The maximum atomic E-state index is 12.9. The van der Waals surface area contributed by atoms with Crippen molar-refractivity contribution in [3.63, 3.8) is 0 Å². The summed E-state index contributed by atoms with van der Waals surface area (Å²) in [7, 11) is 0. The second kappa shape index (κ2) is 4.65. The third-order valence-corrected chi connectivity index (χ3v) is 7.00. The fraction of sp³-hybridized carbons (Fsp3) is 0.867. The predicted octanol–water partition coefficient (Wildman–Crippen LogP) is 2.19. The van der Waals surface area contributed by atoms with E-state index in [1.54, 1.807) is 16.7 Å². The van der Waals surface area contributed by atoms with Crippen molar-refractivity contribution in [1.82, 2.24) is 4.90 Å². The Bertz CT molecular complexity index is 438. The first-order valence-corrected chi connectivity index (χ1v) is 8.90. The van der Waals surface area contributed by atoms with Gasteiger partial charge in [0, 0.05) is 11.7 Å². The van der Waals surface area contributed by atoms with Crippen LogP contribution in [0.15, 0.2) is 0 Å². The van der Waals surface area contributed by atoms with Gasteiger partial charge in [-0.1, -0.05) is 12.8 Å². The van der Waals surface area contributed by atoms with Crippen LogP contribution in [0.2, 0.25) is 0 Å². The van der Waals surface area contributed by atoms with Crippen molar-refractivity contribution in [2.24, 2.45) is 23.7 Å². The highest BCUT2D eigenvalue weighted by molar-refractivity contribution is 8.00. The van der Waals surface area contributed by atoms with Crippen molar-refractivity contribution < 1.29 is 14.7 Å².